The topological polar surface area (TPSA) is 55.1 Å². The van der Waals surface area contributed by atoms with Crippen LogP contribution in [0.25, 0.3) is 5.78 Å². The Hall–Kier alpha value is -2.14. The number of nitrogens with one attached hydrogen (secondary N) is 1. The van der Waals surface area contributed by atoms with Crippen LogP contribution in [0.4, 0.5) is 11.5 Å². The van der Waals surface area contributed by atoms with Gasteiger partial charge in [-0.1, -0.05) is 30.7 Å². The van der Waals surface area contributed by atoms with E-state index in [4.69, 9.17) is 11.6 Å². The fourth-order valence-corrected chi connectivity index (χ4v) is 2.15. The van der Waals surface area contributed by atoms with Gasteiger partial charge < -0.3 is 5.32 Å². The van der Waals surface area contributed by atoms with Crippen LogP contribution in [0.5, 0.6) is 0 Å². The number of para-hydroxylation sites is 1. The molecule has 0 unspecified atom stereocenters. The number of aryl methyl sites for hydroxylation is 2. The van der Waals surface area contributed by atoms with Gasteiger partial charge in [0.1, 0.15) is 5.82 Å². The molecular weight excluding hydrogens is 274 g/mol. The van der Waals surface area contributed by atoms with Gasteiger partial charge in [0, 0.05) is 18.2 Å². The highest BCUT2D eigenvalue weighted by Crippen LogP contribution is 2.25. The first kappa shape index (κ1) is 12.9. The maximum atomic E-state index is 6.17. The Bertz CT molecular complexity index is 765. The third kappa shape index (κ3) is 2.32. The molecule has 1 aromatic carbocycles. The van der Waals surface area contributed by atoms with E-state index in [0.717, 1.165) is 29.4 Å². The van der Waals surface area contributed by atoms with Crippen LogP contribution >= 0.6 is 11.6 Å². The summed E-state index contributed by atoms with van der Waals surface area (Å²) < 4.78 is 1.70. The molecular formula is C14H14ClN5. The molecule has 102 valence electrons. The quantitative estimate of drug-likeness (QED) is 0.802. The van der Waals surface area contributed by atoms with Crippen molar-refractivity contribution in [3.63, 3.8) is 0 Å². The lowest BCUT2D eigenvalue weighted by molar-refractivity contribution is 0.882. The lowest BCUT2D eigenvalue weighted by Crippen LogP contribution is -2.03. The molecule has 0 bridgehead atoms. The van der Waals surface area contributed by atoms with Crippen LogP contribution in [0.3, 0.4) is 0 Å². The van der Waals surface area contributed by atoms with Crippen LogP contribution in [-0.2, 0) is 6.42 Å². The molecule has 0 saturated heterocycles. The smallest absolute Gasteiger partial charge is 0.254 e. The molecule has 0 amide bonds. The van der Waals surface area contributed by atoms with Crippen molar-refractivity contribution >= 4 is 28.9 Å². The third-order valence-corrected chi connectivity index (χ3v) is 3.27. The van der Waals surface area contributed by atoms with E-state index >= 15 is 0 Å². The van der Waals surface area contributed by atoms with Gasteiger partial charge in [-0.25, -0.2) is 4.98 Å². The van der Waals surface area contributed by atoms with Crippen molar-refractivity contribution in [2.45, 2.75) is 20.3 Å². The zero-order chi connectivity index (χ0) is 14.1. The summed E-state index contributed by atoms with van der Waals surface area (Å²) in [4.78, 5) is 8.77. The minimum absolute atomic E-state index is 0.594. The monoisotopic (exact) mass is 287 g/mol. The lowest BCUT2D eigenvalue weighted by Gasteiger charge is -2.09. The minimum Gasteiger partial charge on any atom is -0.339 e. The van der Waals surface area contributed by atoms with E-state index in [0.29, 0.717) is 10.8 Å². The molecule has 0 saturated carbocycles. The average molecular weight is 288 g/mol. The van der Waals surface area contributed by atoms with Crippen LogP contribution in [-0.4, -0.2) is 19.6 Å². The Balaban J connectivity index is 2.11. The number of halogens is 1. The molecule has 6 heteroatoms. The SMILES string of the molecule is CCc1nc2nc(C)cc(Nc3ccccc3Cl)n2n1. The second-order valence-electron chi connectivity index (χ2n) is 4.48. The van der Waals surface area contributed by atoms with Gasteiger partial charge in [0.2, 0.25) is 0 Å². The molecule has 0 aliphatic rings. The normalized spacial score (nSPS) is 10.9. The van der Waals surface area contributed by atoms with Gasteiger partial charge in [-0.15, -0.1) is 5.10 Å². The average Bonchev–Trinajstić information content (AvgIpc) is 2.84. The highest BCUT2D eigenvalue weighted by atomic mass is 35.5. The number of rotatable bonds is 3. The second kappa shape index (κ2) is 5.09. The maximum Gasteiger partial charge on any atom is 0.254 e. The van der Waals surface area contributed by atoms with Gasteiger partial charge in [0.25, 0.3) is 5.78 Å². The maximum absolute atomic E-state index is 6.17. The first-order valence-electron chi connectivity index (χ1n) is 6.42. The molecule has 0 aliphatic carbocycles. The van der Waals surface area contributed by atoms with E-state index in [9.17, 15) is 0 Å². The first-order chi connectivity index (χ1) is 9.67. The minimum atomic E-state index is 0.594. The molecule has 0 radical (unpaired) electrons. The molecule has 0 fully saturated rings. The summed E-state index contributed by atoms with van der Waals surface area (Å²) in [6, 6.07) is 9.50. The summed E-state index contributed by atoms with van der Waals surface area (Å²) in [6.07, 6.45) is 0.772. The number of nitrogens with zero attached hydrogens (tertiary/aromatic N) is 4. The highest BCUT2D eigenvalue weighted by Gasteiger charge is 2.10. The zero-order valence-corrected chi connectivity index (χ0v) is 12.0. The van der Waals surface area contributed by atoms with Crippen LogP contribution in [0, 0.1) is 6.92 Å². The predicted molar refractivity (Wildman–Crippen MR) is 79.6 cm³/mol. The van der Waals surface area contributed by atoms with Gasteiger partial charge in [-0.05, 0) is 19.1 Å². The van der Waals surface area contributed by atoms with Crippen molar-refractivity contribution in [3.8, 4) is 0 Å². The van der Waals surface area contributed by atoms with Gasteiger partial charge in [0.15, 0.2) is 5.82 Å². The Morgan fingerprint density at radius 3 is 2.80 bits per heavy atom. The Morgan fingerprint density at radius 1 is 1.25 bits per heavy atom. The Kier molecular flexibility index (Phi) is 3.28. The molecule has 20 heavy (non-hydrogen) atoms. The van der Waals surface area contributed by atoms with Crippen LogP contribution in [0.1, 0.15) is 18.4 Å². The van der Waals surface area contributed by atoms with Crippen LogP contribution in [0.15, 0.2) is 30.3 Å². The van der Waals surface area contributed by atoms with Gasteiger partial charge in [0.05, 0.1) is 10.7 Å². The molecule has 5 nitrogen and oxygen atoms in total. The number of anilines is 2. The number of benzene rings is 1. The van der Waals surface area contributed by atoms with Crippen molar-refractivity contribution in [1.82, 2.24) is 19.6 Å². The summed E-state index contributed by atoms with van der Waals surface area (Å²) in [6.45, 7) is 3.95. The molecule has 2 heterocycles. The molecule has 2 aromatic heterocycles. The lowest BCUT2D eigenvalue weighted by atomic mass is 10.3. The van der Waals surface area contributed by atoms with Crippen molar-refractivity contribution in [3.05, 3.63) is 46.9 Å². The fourth-order valence-electron chi connectivity index (χ4n) is 1.97. The molecule has 3 rings (SSSR count). The van der Waals surface area contributed by atoms with Gasteiger partial charge >= 0.3 is 0 Å². The summed E-state index contributed by atoms with van der Waals surface area (Å²) in [5.74, 6) is 2.16. The molecule has 0 spiro atoms. The first-order valence-corrected chi connectivity index (χ1v) is 6.80. The third-order valence-electron chi connectivity index (χ3n) is 2.94. The van der Waals surface area contributed by atoms with E-state index in [2.05, 4.69) is 20.4 Å². The van der Waals surface area contributed by atoms with E-state index in [1.165, 1.54) is 0 Å². The van der Waals surface area contributed by atoms with Gasteiger partial charge in [-0.3, -0.25) is 0 Å². The van der Waals surface area contributed by atoms with Crippen molar-refractivity contribution in [1.29, 1.82) is 0 Å². The number of hydrogen-bond acceptors (Lipinski definition) is 4. The van der Waals surface area contributed by atoms with Crippen molar-refractivity contribution < 1.29 is 0 Å². The fraction of sp³-hybridized carbons (Fsp3) is 0.214. The highest BCUT2D eigenvalue weighted by molar-refractivity contribution is 6.33. The molecule has 1 N–H and O–H groups in total. The zero-order valence-electron chi connectivity index (χ0n) is 11.3. The summed E-state index contributed by atoms with van der Waals surface area (Å²) in [7, 11) is 0. The number of fused-ring (bicyclic) bond motifs is 1. The molecule has 0 aliphatic heterocycles. The Morgan fingerprint density at radius 2 is 2.05 bits per heavy atom. The second-order valence-corrected chi connectivity index (χ2v) is 4.89. The summed E-state index contributed by atoms with van der Waals surface area (Å²) in [5, 5.41) is 8.38. The van der Waals surface area contributed by atoms with Crippen molar-refractivity contribution in [2.75, 3.05) is 5.32 Å². The largest absolute Gasteiger partial charge is 0.339 e. The molecule has 0 atom stereocenters. The molecule has 3 aromatic rings. The van der Waals surface area contributed by atoms with Crippen LogP contribution < -0.4 is 5.32 Å². The van der Waals surface area contributed by atoms with Crippen LogP contribution in [0.2, 0.25) is 5.02 Å². The van der Waals surface area contributed by atoms with E-state index in [1.807, 2.05) is 44.2 Å². The van der Waals surface area contributed by atoms with E-state index < -0.39 is 0 Å². The standard InChI is InChI=1S/C14H14ClN5/c1-3-12-18-14-16-9(2)8-13(20(14)19-12)17-11-7-5-4-6-10(11)15/h4-8,17H,3H2,1-2H3. The number of hydrogen-bond donors (Lipinski definition) is 1. The Labute approximate surface area is 121 Å². The van der Waals surface area contributed by atoms with Gasteiger partial charge in [-0.2, -0.15) is 9.50 Å². The predicted octanol–water partition coefficient (Wildman–Crippen LogP) is 3.39. The van der Waals surface area contributed by atoms with E-state index in [-0.39, 0.29) is 0 Å². The van der Waals surface area contributed by atoms with Crippen molar-refractivity contribution in [2.24, 2.45) is 0 Å². The van der Waals surface area contributed by atoms with E-state index in [1.54, 1.807) is 4.52 Å². The summed E-state index contributed by atoms with van der Waals surface area (Å²) >= 11 is 6.17. The number of aromatic nitrogens is 4. The summed E-state index contributed by atoms with van der Waals surface area (Å²) in [5.41, 5.74) is 1.71.